The summed E-state index contributed by atoms with van der Waals surface area (Å²) < 4.78 is 12.9. The molecule has 19 heavy (non-hydrogen) atoms. The Labute approximate surface area is 116 Å². The molecule has 2 rings (SSSR count). The summed E-state index contributed by atoms with van der Waals surface area (Å²) >= 11 is 0. The van der Waals surface area contributed by atoms with Crippen molar-refractivity contribution in [3.05, 3.63) is 35.6 Å². The van der Waals surface area contributed by atoms with Gasteiger partial charge in [0.05, 0.1) is 0 Å². The molecule has 0 bridgehead atoms. The summed E-state index contributed by atoms with van der Waals surface area (Å²) in [4.78, 5) is 0. The van der Waals surface area contributed by atoms with Crippen molar-refractivity contribution >= 4 is 0 Å². The van der Waals surface area contributed by atoms with E-state index in [2.05, 4.69) is 13.8 Å². The van der Waals surface area contributed by atoms with Crippen molar-refractivity contribution in [3.8, 4) is 0 Å². The largest absolute Gasteiger partial charge is 0.327 e. The molecule has 0 saturated heterocycles. The van der Waals surface area contributed by atoms with Crippen molar-refractivity contribution in [1.29, 1.82) is 0 Å². The van der Waals surface area contributed by atoms with Crippen LogP contribution >= 0.6 is 0 Å². The minimum Gasteiger partial charge on any atom is -0.327 e. The Morgan fingerprint density at radius 2 is 1.58 bits per heavy atom. The van der Waals surface area contributed by atoms with E-state index in [9.17, 15) is 4.39 Å². The van der Waals surface area contributed by atoms with Crippen LogP contribution in [0.1, 0.15) is 45.1 Å². The maximum atomic E-state index is 12.9. The average Bonchev–Trinajstić information content (AvgIpc) is 2.41. The fourth-order valence-corrected chi connectivity index (χ4v) is 3.30. The molecule has 0 heterocycles. The first-order valence-corrected chi connectivity index (χ1v) is 7.56. The molecule has 1 aromatic rings. The van der Waals surface area contributed by atoms with E-state index in [1.807, 2.05) is 12.1 Å². The molecule has 1 aliphatic carbocycles. The van der Waals surface area contributed by atoms with Gasteiger partial charge in [-0.25, -0.2) is 4.39 Å². The predicted molar refractivity (Wildman–Crippen MR) is 78.4 cm³/mol. The second-order valence-corrected chi connectivity index (χ2v) is 6.41. The monoisotopic (exact) mass is 263 g/mol. The zero-order chi connectivity index (χ0) is 13.8. The fourth-order valence-electron chi connectivity index (χ4n) is 3.30. The first kappa shape index (κ1) is 14.5. The van der Waals surface area contributed by atoms with Crippen molar-refractivity contribution in [2.24, 2.45) is 23.5 Å². The minimum absolute atomic E-state index is 0.172. The molecule has 0 amide bonds. The highest BCUT2D eigenvalue weighted by molar-refractivity contribution is 5.17. The van der Waals surface area contributed by atoms with E-state index < -0.39 is 0 Å². The highest BCUT2D eigenvalue weighted by Crippen LogP contribution is 2.34. The molecular formula is C17H26FN. The summed E-state index contributed by atoms with van der Waals surface area (Å²) in [6.45, 7) is 4.65. The standard InChI is InChI=1S/C17H26FN/c1-12(2)14-5-7-15(8-6-14)17(19)11-13-3-9-16(18)10-4-13/h3-4,9-10,12,14-15,17H,5-8,11,19H2,1-2H3. The Balaban J connectivity index is 1.84. The van der Waals surface area contributed by atoms with Crippen LogP contribution in [0.25, 0.3) is 0 Å². The summed E-state index contributed by atoms with van der Waals surface area (Å²) in [6.07, 6.45) is 6.02. The number of halogens is 1. The van der Waals surface area contributed by atoms with Crippen LogP contribution in [0, 0.1) is 23.6 Å². The minimum atomic E-state index is -0.172. The van der Waals surface area contributed by atoms with Gasteiger partial charge in [0, 0.05) is 6.04 Å². The summed E-state index contributed by atoms with van der Waals surface area (Å²) in [6, 6.07) is 6.98. The molecule has 1 saturated carbocycles. The molecule has 1 nitrogen and oxygen atoms in total. The molecule has 1 fully saturated rings. The number of nitrogens with two attached hydrogens (primary N) is 1. The van der Waals surface area contributed by atoms with E-state index in [0.29, 0.717) is 5.92 Å². The van der Waals surface area contributed by atoms with Crippen LogP contribution in [0.2, 0.25) is 0 Å². The van der Waals surface area contributed by atoms with E-state index in [0.717, 1.165) is 23.8 Å². The van der Waals surface area contributed by atoms with Crippen LogP contribution in [0.5, 0.6) is 0 Å². The lowest BCUT2D eigenvalue weighted by molar-refractivity contribution is 0.202. The second-order valence-electron chi connectivity index (χ2n) is 6.41. The Kier molecular flexibility index (Phi) is 4.98. The highest BCUT2D eigenvalue weighted by Gasteiger charge is 2.26. The quantitative estimate of drug-likeness (QED) is 0.867. The number of benzene rings is 1. The molecule has 0 aromatic heterocycles. The molecule has 106 valence electrons. The van der Waals surface area contributed by atoms with Crippen LogP contribution < -0.4 is 5.73 Å². The predicted octanol–water partition coefficient (Wildman–Crippen LogP) is 4.16. The van der Waals surface area contributed by atoms with Gasteiger partial charge in [0.2, 0.25) is 0 Å². The summed E-state index contributed by atoms with van der Waals surface area (Å²) in [5, 5.41) is 0. The smallest absolute Gasteiger partial charge is 0.123 e. The van der Waals surface area contributed by atoms with Gasteiger partial charge < -0.3 is 5.73 Å². The zero-order valence-corrected chi connectivity index (χ0v) is 12.1. The first-order valence-electron chi connectivity index (χ1n) is 7.56. The van der Waals surface area contributed by atoms with Gasteiger partial charge >= 0.3 is 0 Å². The van der Waals surface area contributed by atoms with Gasteiger partial charge in [-0.15, -0.1) is 0 Å². The molecule has 2 N–H and O–H groups in total. The van der Waals surface area contributed by atoms with E-state index in [-0.39, 0.29) is 11.9 Å². The maximum absolute atomic E-state index is 12.9. The molecular weight excluding hydrogens is 237 g/mol. The van der Waals surface area contributed by atoms with Crippen LogP contribution in [0.15, 0.2) is 24.3 Å². The molecule has 0 spiro atoms. The molecule has 0 radical (unpaired) electrons. The summed E-state index contributed by atoms with van der Waals surface area (Å²) in [5.41, 5.74) is 7.50. The maximum Gasteiger partial charge on any atom is 0.123 e. The normalized spacial score (nSPS) is 25.5. The summed E-state index contributed by atoms with van der Waals surface area (Å²) in [5.74, 6) is 2.15. The molecule has 1 aliphatic rings. The molecule has 1 unspecified atom stereocenters. The lowest BCUT2D eigenvalue weighted by atomic mass is 9.74. The first-order chi connectivity index (χ1) is 9.06. The Hall–Kier alpha value is -0.890. The van der Waals surface area contributed by atoms with Crippen molar-refractivity contribution in [2.45, 2.75) is 52.0 Å². The van der Waals surface area contributed by atoms with Gasteiger partial charge in [0.15, 0.2) is 0 Å². The SMILES string of the molecule is CC(C)C1CCC(C(N)Cc2ccc(F)cc2)CC1. The molecule has 1 atom stereocenters. The van der Waals surface area contributed by atoms with Crippen molar-refractivity contribution in [1.82, 2.24) is 0 Å². The Bertz CT molecular complexity index is 377. The topological polar surface area (TPSA) is 26.0 Å². The van der Waals surface area contributed by atoms with Crippen molar-refractivity contribution in [3.63, 3.8) is 0 Å². The van der Waals surface area contributed by atoms with Crippen molar-refractivity contribution < 1.29 is 4.39 Å². The van der Waals surface area contributed by atoms with Crippen molar-refractivity contribution in [2.75, 3.05) is 0 Å². The van der Waals surface area contributed by atoms with Gasteiger partial charge in [-0.1, -0.05) is 26.0 Å². The third kappa shape index (κ3) is 4.04. The third-order valence-corrected chi connectivity index (χ3v) is 4.75. The van der Waals surface area contributed by atoms with Gasteiger partial charge in [-0.3, -0.25) is 0 Å². The zero-order valence-electron chi connectivity index (χ0n) is 12.1. The Morgan fingerprint density at radius 3 is 2.11 bits per heavy atom. The Morgan fingerprint density at radius 1 is 1.05 bits per heavy atom. The van der Waals surface area contributed by atoms with Gasteiger partial charge in [-0.2, -0.15) is 0 Å². The molecule has 1 aromatic carbocycles. The lowest BCUT2D eigenvalue weighted by Crippen LogP contribution is -2.35. The van der Waals surface area contributed by atoms with Gasteiger partial charge in [0.25, 0.3) is 0 Å². The lowest BCUT2D eigenvalue weighted by Gasteiger charge is -2.34. The second kappa shape index (κ2) is 6.51. The van der Waals surface area contributed by atoms with Crippen LogP contribution in [-0.4, -0.2) is 6.04 Å². The van der Waals surface area contributed by atoms with E-state index >= 15 is 0 Å². The van der Waals surface area contributed by atoms with Crippen LogP contribution in [-0.2, 0) is 6.42 Å². The number of hydrogen-bond donors (Lipinski definition) is 1. The summed E-state index contributed by atoms with van der Waals surface area (Å²) in [7, 11) is 0. The van der Waals surface area contributed by atoms with Crippen LogP contribution in [0.3, 0.4) is 0 Å². The van der Waals surface area contributed by atoms with Gasteiger partial charge in [-0.05, 0) is 67.6 Å². The van der Waals surface area contributed by atoms with E-state index in [4.69, 9.17) is 5.73 Å². The number of hydrogen-bond acceptors (Lipinski definition) is 1. The fraction of sp³-hybridized carbons (Fsp3) is 0.647. The van der Waals surface area contributed by atoms with Gasteiger partial charge in [0.1, 0.15) is 5.82 Å². The average molecular weight is 263 g/mol. The molecule has 2 heteroatoms. The van der Waals surface area contributed by atoms with E-state index in [1.54, 1.807) is 0 Å². The van der Waals surface area contributed by atoms with E-state index in [1.165, 1.54) is 37.8 Å². The van der Waals surface area contributed by atoms with Crippen LogP contribution in [0.4, 0.5) is 4.39 Å². The molecule has 0 aliphatic heterocycles. The highest BCUT2D eigenvalue weighted by atomic mass is 19.1. The number of rotatable bonds is 4. The third-order valence-electron chi connectivity index (χ3n) is 4.75.